The second kappa shape index (κ2) is 7.73. The first kappa shape index (κ1) is 17.0. The lowest BCUT2D eigenvalue weighted by Crippen LogP contribution is -2.32. The molecular formula is C16H17FN2O3S. The number of para-hydroxylation sites is 1. The molecule has 0 aliphatic heterocycles. The van der Waals surface area contributed by atoms with Crippen molar-refractivity contribution in [2.75, 3.05) is 17.0 Å². The number of hydrogen-bond acceptors (Lipinski definition) is 3. The average molecular weight is 336 g/mol. The van der Waals surface area contributed by atoms with E-state index in [9.17, 15) is 17.6 Å². The summed E-state index contributed by atoms with van der Waals surface area (Å²) >= 11 is 0. The first-order chi connectivity index (χ1) is 10.9. The molecule has 122 valence electrons. The number of halogens is 1. The Kier molecular flexibility index (Phi) is 5.70. The molecule has 2 aromatic rings. The summed E-state index contributed by atoms with van der Waals surface area (Å²) in [5, 5.41) is 2.51. The smallest absolute Gasteiger partial charge is 0.234 e. The zero-order valence-electron chi connectivity index (χ0n) is 12.3. The highest BCUT2D eigenvalue weighted by Crippen LogP contribution is 2.07. The fourth-order valence-electron chi connectivity index (χ4n) is 1.96. The molecule has 0 fully saturated rings. The third kappa shape index (κ3) is 6.07. The van der Waals surface area contributed by atoms with Gasteiger partial charge in [-0.15, -0.1) is 0 Å². The molecule has 0 aliphatic rings. The van der Waals surface area contributed by atoms with Gasteiger partial charge in [0.25, 0.3) is 0 Å². The maximum absolute atomic E-state index is 13.0. The molecule has 0 spiro atoms. The van der Waals surface area contributed by atoms with Crippen molar-refractivity contribution in [3.63, 3.8) is 0 Å². The third-order valence-electron chi connectivity index (χ3n) is 2.99. The Morgan fingerprint density at radius 3 is 2.48 bits per heavy atom. The Morgan fingerprint density at radius 1 is 1.04 bits per heavy atom. The summed E-state index contributed by atoms with van der Waals surface area (Å²) in [6, 6.07) is 14.2. The van der Waals surface area contributed by atoms with Gasteiger partial charge in [0, 0.05) is 12.2 Å². The van der Waals surface area contributed by atoms with Crippen molar-refractivity contribution in [3.8, 4) is 0 Å². The van der Waals surface area contributed by atoms with Crippen molar-refractivity contribution in [2.45, 2.75) is 6.42 Å². The van der Waals surface area contributed by atoms with Gasteiger partial charge in [-0.25, -0.2) is 12.8 Å². The Hall–Kier alpha value is -2.41. The quantitative estimate of drug-likeness (QED) is 0.811. The lowest BCUT2D eigenvalue weighted by Gasteiger charge is -2.09. The van der Waals surface area contributed by atoms with Gasteiger partial charge in [-0.1, -0.05) is 30.3 Å². The molecule has 0 saturated heterocycles. The monoisotopic (exact) mass is 336 g/mol. The van der Waals surface area contributed by atoms with E-state index in [-0.39, 0.29) is 24.6 Å². The van der Waals surface area contributed by atoms with Crippen molar-refractivity contribution >= 4 is 21.6 Å². The normalized spacial score (nSPS) is 11.0. The van der Waals surface area contributed by atoms with E-state index >= 15 is 0 Å². The van der Waals surface area contributed by atoms with E-state index in [1.165, 1.54) is 18.2 Å². The molecule has 7 heteroatoms. The molecule has 0 unspecified atom stereocenters. The van der Waals surface area contributed by atoms with E-state index in [1.807, 2.05) is 0 Å². The highest BCUT2D eigenvalue weighted by molar-refractivity contribution is 7.92. The molecule has 5 nitrogen and oxygen atoms in total. The summed E-state index contributed by atoms with van der Waals surface area (Å²) < 4.78 is 39.2. The highest BCUT2D eigenvalue weighted by Gasteiger charge is 2.11. The molecule has 0 radical (unpaired) electrons. The van der Waals surface area contributed by atoms with Gasteiger partial charge in [0.2, 0.25) is 15.9 Å². The Morgan fingerprint density at radius 2 is 1.78 bits per heavy atom. The molecule has 2 N–H and O–H groups in total. The maximum Gasteiger partial charge on any atom is 0.234 e. The second-order valence-electron chi connectivity index (χ2n) is 4.94. The largest absolute Gasteiger partial charge is 0.355 e. The van der Waals surface area contributed by atoms with Crippen LogP contribution in [0.3, 0.4) is 0 Å². The summed E-state index contributed by atoms with van der Waals surface area (Å²) in [6.45, 7) is -0.0175. The molecule has 0 bridgehead atoms. The molecule has 2 rings (SSSR count). The van der Waals surface area contributed by atoms with E-state index in [0.29, 0.717) is 11.3 Å². The number of nitrogens with one attached hydrogen (secondary N) is 2. The van der Waals surface area contributed by atoms with Gasteiger partial charge < -0.3 is 5.32 Å². The van der Waals surface area contributed by atoms with E-state index in [1.54, 1.807) is 36.4 Å². The standard InChI is InChI=1S/C16H17FN2O3S/c17-14-6-4-5-13(11-14)12-16(20)18-9-10-23(21,22)19-15-7-2-1-3-8-15/h1-8,11,19H,9-10,12H2,(H,18,20). The molecule has 0 atom stereocenters. The van der Waals surface area contributed by atoms with E-state index < -0.39 is 15.8 Å². The van der Waals surface area contributed by atoms with Crippen LogP contribution in [0.4, 0.5) is 10.1 Å². The van der Waals surface area contributed by atoms with Gasteiger partial charge >= 0.3 is 0 Å². The summed E-state index contributed by atoms with van der Waals surface area (Å²) in [6.07, 6.45) is 0.00389. The summed E-state index contributed by atoms with van der Waals surface area (Å²) in [5.41, 5.74) is 1.01. The SMILES string of the molecule is O=C(Cc1cccc(F)c1)NCCS(=O)(=O)Nc1ccccc1. The van der Waals surface area contributed by atoms with E-state index in [0.717, 1.165) is 0 Å². The fourth-order valence-corrected chi connectivity index (χ4v) is 2.92. The number of anilines is 1. The van der Waals surface area contributed by atoms with Gasteiger partial charge in [0.15, 0.2) is 0 Å². The van der Waals surface area contributed by atoms with Crippen molar-refractivity contribution in [1.82, 2.24) is 5.32 Å². The number of carbonyl (C=O) groups is 1. The number of amides is 1. The highest BCUT2D eigenvalue weighted by atomic mass is 32.2. The molecule has 0 heterocycles. The molecule has 0 aliphatic carbocycles. The zero-order valence-corrected chi connectivity index (χ0v) is 13.1. The van der Waals surface area contributed by atoms with Crippen LogP contribution in [0.2, 0.25) is 0 Å². The van der Waals surface area contributed by atoms with Gasteiger partial charge in [0.05, 0.1) is 12.2 Å². The predicted octanol–water partition coefficient (Wildman–Crippen LogP) is 1.93. The van der Waals surface area contributed by atoms with Crippen LogP contribution < -0.4 is 10.0 Å². The molecule has 1 amide bonds. The number of hydrogen-bond donors (Lipinski definition) is 2. The third-order valence-corrected chi connectivity index (χ3v) is 4.28. The van der Waals surface area contributed by atoms with Crippen molar-refractivity contribution in [1.29, 1.82) is 0 Å². The molecule has 0 aromatic heterocycles. The van der Waals surface area contributed by atoms with E-state index in [2.05, 4.69) is 10.0 Å². The average Bonchev–Trinajstić information content (AvgIpc) is 2.47. The van der Waals surface area contributed by atoms with Crippen LogP contribution in [0.1, 0.15) is 5.56 Å². The fraction of sp³-hybridized carbons (Fsp3) is 0.188. The van der Waals surface area contributed by atoms with Gasteiger partial charge in [-0.3, -0.25) is 9.52 Å². The first-order valence-electron chi connectivity index (χ1n) is 7.01. The minimum Gasteiger partial charge on any atom is -0.355 e. The summed E-state index contributed by atoms with van der Waals surface area (Å²) in [7, 11) is -3.53. The van der Waals surface area contributed by atoms with Crippen molar-refractivity contribution in [3.05, 3.63) is 66.0 Å². The Bertz CT molecular complexity index is 764. The Labute approximate surface area is 134 Å². The predicted molar refractivity (Wildman–Crippen MR) is 87.0 cm³/mol. The molecule has 2 aromatic carbocycles. The minimum absolute atomic E-state index is 0.00389. The van der Waals surface area contributed by atoms with Crippen LogP contribution in [0.15, 0.2) is 54.6 Å². The lowest BCUT2D eigenvalue weighted by atomic mass is 10.1. The van der Waals surface area contributed by atoms with Crippen LogP contribution in [-0.4, -0.2) is 26.6 Å². The molecule has 0 saturated carbocycles. The minimum atomic E-state index is -3.53. The van der Waals surface area contributed by atoms with Crippen LogP contribution in [0, 0.1) is 5.82 Å². The number of rotatable bonds is 7. The van der Waals surface area contributed by atoms with Crippen molar-refractivity contribution < 1.29 is 17.6 Å². The van der Waals surface area contributed by atoms with Crippen molar-refractivity contribution in [2.24, 2.45) is 0 Å². The lowest BCUT2D eigenvalue weighted by molar-refractivity contribution is -0.120. The summed E-state index contributed by atoms with van der Waals surface area (Å²) in [4.78, 5) is 11.7. The van der Waals surface area contributed by atoms with Crippen LogP contribution >= 0.6 is 0 Å². The van der Waals surface area contributed by atoms with Crippen LogP contribution in [0.25, 0.3) is 0 Å². The molecule has 23 heavy (non-hydrogen) atoms. The zero-order chi connectivity index (χ0) is 16.7. The number of sulfonamides is 1. The maximum atomic E-state index is 13.0. The van der Waals surface area contributed by atoms with Gasteiger partial charge in [-0.2, -0.15) is 0 Å². The topological polar surface area (TPSA) is 75.3 Å². The first-order valence-corrected chi connectivity index (χ1v) is 8.66. The van der Waals surface area contributed by atoms with Gasteiger partial charge in [-0.05, 0) is 29.8 Å². The number of carbonyl (C=O) groups excluding carboxylic acids is 1. The van der Waals surface area contributed by atoms with Crippen LogP contribution in [-0.2, 0) is 21.2 Å². The van der Waals surface area contributed by atoms with Crippen LogP contribution in [0.5, 0.6) is 0 Å². The Balaban J connectivity index is 1.78. The number of benzene rings is 2. The van der Waals surface area contributed by atoms with Gasteiger partial charge in [0.1, 0.15) is 5.82 Å². The summed E-state index contributed by atoms with van der Waals surface area (Å²) in [5.74, 6) is -1.01. The van der Waals surface area contributed by atoms with E-state index in [4.69, 9.17) is 0 Å². The second-order valence-corrected chi connectivity index (χ2v) is 6.79. The molecular weight excluding hydrogens is 319 g/mol.